The smallest absolute Gasteiger partial charge is 0.255 e. The van der Waals surface area contributed by atoms with Gasteiger partial charge in [-0.2, -0.15) is 0 Å². The Balaban J connectivity index is 2.13. The zero-order chi connectivity index (χ0) is 13.0. The molecule has 0 spiro atoms. The van der Waals surface area contributed by atoms with Crippen LogP contribution in [-0.4, -0.2) is 22.8 Å². The summed E-state index contributed by atoms with van der Waals surface area (Å²) >= 11 is 0. The zero-order valence-corrected chi connectivity index (χ0v) is 10.2. The molecule has 0 fully saturated rings. The van der Waals surface area contributed by atoms with E-state index in [1.54, 1.807) is 36.5 Å². The highest BCUT2D eigenvalue weighted by Crippen LogP contribution is 2.14. The number of hydrogen-bond acceptors (Lipinski definition) is 3. The lowest BCUT2D eigenvalue weighted by Crippen LogP contribution is -2.26. The van der Waals surface area contributed by atoms with Gasteiger partial charge in [0.25, 0.3) is 5.91 Å². The SMILES string of the molecule is CN(Cc1ccncc1)C(=O)c1ccccc1N. The van der Waals surface area contributed by atoms with Crippen molar-refractivity contribution in [3.05, 3.63) is 59.9 Å². The lowest BCUT2D eigenvalue weighted by molar-refractivity contribution is 0.0786. The van der Waals surface area contributed by atoms with Gasteiger partial charge >= 0.3 is 0 Å². The van der Waals surface area contributed by atoms with Crippen LogP contribution in [0.25, 0.3) is 0 Å². The van der Waals surface area contributed by atoms with Crippen LogP contribution in [0, 0.1) is 0 Å². The summed E-state index contributed by atoms with van der Waals surface area (Å²) in [6.07, 6.45) is 3.43. The number of benzene rings is 1. The highest BCUT2D eigenvalue weighted by Gasteiger charge is 2.14. The molecule has 1 aromatic heterocycles. The summed E-state index contributed by atoms with van der Waals surface area (Å²) in [6, 6.07) is 10.9. The maximum absolute atomic E-state index is 12.2. The number of pyridine rings is 1. The Hall–Kier alpha value is -2.36. The largest absolute Gasteiger partial charge is 0.398 e. The number of hydrogen-bond donors (Lipinski definition) is 1. The minimum atomic E-state index is -0.0788. The third-order valence-corrected chi connectivity index (χ3v) is 2.71. The van der Waals surface area contributed by atoms with E-state index in [1.807, 2.05) is 24.3 Å². The van der Waals surface area contributed by atoms with E-state index >= 15 is 0 Å². The topological polar surface area (TPSA) is 59.2 Å². The van der Waals surface area contributed by atoms with Crippen molar-refractivity contribution in [2.75, 3.05) is 12.8 Å². The molecule has 0 aliphatic carbocycles. The van der Waals surface area contributed by atoms with Gasteiger partial charge in [0.2, 0.25) is 0 Å². The molecule has 0 bridgehead atoms. The normalized spacial score (nSPS) is 10.1. The van der Waals surface area contributed by atoms with Crippen molar-refractivity contribution in [2.45, 2.75) is 6.54 Å². The minimum Gasteiger partial charge on any atom is -0.398 e. The molecular formula is C14H15N3O. The Kier molecular flexibility index (Phi) is 3.57. The molecular weight excluding hydrogens is 226 g/mol. The van der Waals surface area contributed by atoms with Crippen molar-refractivity contribution in [1.82, 2.24) is 9.88 Å². The van der Waals surface area contributed by atoms with E-state index in [1.165, 1.54) is 0 Å². The van der Waals surface area contributed by atoms with Crippen LogP contribution in [0.1, 0.15) is 15.9 Å². The second-order valence-corrected chi connectivity index (χ2v) is 4.10. The third-order valence-electron chi connectivity index (χ3n) is 2.71. The Bertz CT molecular complexity index is 540. The zero-order valence-electron chi connectivity index (χ0n) is 10.2. The molecule has 92 valence electrons. The van der Waals surface area contributed by atoms with Gasteiger partial charge in [-0.15, -0.1) is 0 Å². The fraction of sp³-hybridized carbons (Fsp3) is 0.143. The predicted octanol–water partition coefficient (Wildman–Crippen LogP) is 1.94. The van der Waals surface area contributed by atoms with E-state index in [4.69, 9.17) is 5.73 Å². The Labute approximate surface area is 106 Å². The summed E-state index contributed by atoms with van der Waals surface area (Å²) in [4.78, 5) is 17.8. The van der Waals surface area contributed by atoms with Gasteiger partial charge in [-0.05, 0) is 29.8 Å². The van der Waals surface area contributed by atoms with E-state index in [-0.39, 0.29) is 5.91 Å². The van der Waals surface area contributed by atoms with Crippen LogP contribution >= 0.6 is 0 Å². The summed E-state index contributed by atoms with van der Waals surface area (Å²) in [5.41, 5.74) is 7.87. The van der Waals surface area contributed by atoms with Gasteiger partial charge in [0.1, 0.15) is 0 Å². The molecule has 1 heterocycles. The Morgan fingerprint density at radius 1 is 1.22 bits per heavy atom. The Morgan fingerprint density at radius 2 is 1.89 bits per heavy atom. The summed E-state index contributed by atoms with van der Waals surface area (Å²) in [6.45, 7) is 0.537. The van der Waals surface area contributed by atoms with Crippen LogP contribution in [0.15, 0.2) is 48.8 Å². The van der Waals surface area contributed by atoms with E-state index < -0.39 is 0 Å². The number of carbonyl (C=O) groups excluding carboxylic acids is 1. The van der Waals surface area contributed by atoms with E-state index in [9.17, 15) is 4.79 Å². The van der Waals surface area contributed by atoms with Crippen molar-refractivity contribution < 1.29 is 4.79 Å². The number of carbonyl (C=O) groups is 1. The van der Waals surface area contributed by atoms with E-state index in [2.05, 4.69) is 4.98 Å². The molecule has 0 saturated carbocycles. The van der Waals surface area contributed by atoms with Crippen molar-refractivity contribution in [1.29, 1.82) is 0 Å². The fourth-order valence-electron chi connectivity index (χ4n) is 1.73. The summed E-state index contributed by atoms with van der Waals surface area (Å²) in [5.74, 6) is -0.0788. The van der Waals surface area contributed by atoms with Gasteiger partial charge in [-0.1, -0.05) is 12.1 Å². The second-order valence-electron chi connectivity index (χ2n) is 4.10. The lowest BCUT2D eigenvalue weighted by atomic mass is 10.1. The third kappa shape index (κ3) is 2.66. The molecule has 1 amide bonds. The first-order chi connectivity index (χ1) is 8.68. The van der Waals surface area contributed by atoms with Gasteiger partial charge in [0.15, 0.2) is 0 Å². The molecule has 0 saturated heterocycles. The fourth-order valence-corrected chi connectivity index (χ4v) is 1.73. The lowest BCUT2D eigenvalue weighted by Gasteiger charge is -2.18. The first kappa shape index (κ1) is 12.1. The Morgan fingerprint density at radius 3 is 2.56 bits per heavy atom. The summed E-state index contributed by atoms with van der Waals surface area (Å²) < 4.78 is 0. The number of anilines is 1. The number of amides is 1. The van der Waals surface area contributed by atoms with Crippen LogP contribution in [0.4, 0.5) is 5.69 Å². The first-order valence-corrected chi connectivity index (χ1v) is 5.67. The van der Waals surface area contributed by atoms with Crippen molar-refractivity contribution in [2.24, 2.45) is 0 Å². The number of rotatable bonds is 3. The molecule has 4 heteroatoms. The molecule has 18 heavy (non-hydrogen) atoms. The van der Waals surface area contributed by atoms with Gasteiger partial charge in [-0.3, -0.25) is 9.78 Å². The molecule has 0 radical (unpaired) electrons. The van der Waals surface area contributed by atoms with Gasteiger partial charge in [0, 0.05) is 31.7 Å². The average molecular weight is 241 g/mol. The maximum atomic E-state index is 12.2. The molecule has 0 aliphatic rings. The van der Waals surface area contributed by atoms with Crippen molar-refractivity contribution in [3.63, 3.8) is 0 Å². The molecule has 2 rings (SSSR count). The van der Waals surface area contributed by atoms with Crippen LogP contribution < -0.4 is 5.73 Å². The quantitative estimate of drug-likeness (QED) is 0.835. The highest BCUT2D eigenvalue weighted by atomic mass is 16.2. The number of nitrogens with zero attached hydrogens (tertiary/aromatic N) is 2. The molecule has 0 atom stereocenters. The van der Waals surface area contributed by atoms with Crippen LogP contribution in [-0.2, 0) is 6.54 Å². The minimum absolute atomic E-state index is 0.0788. The number of aromatic nitrogens is 1. The summed E-state index contributed by atoms with van der Waals surface area (Å²) in [7, 11) is 1.76. The molecule has 2 N–H and O–H groups in total. The number of nitrogens with two attached hydrogens (primary N) is 1. The molecule has 1 aromatic carbocycles. The number of para-hydroxylation sites is 1. The standard InChI is InChI=1S/C14H15N3O/c1-17(10-11-6-8-16-9-7-11)14(18)12-4-2-3-5-13(12)15/h2-9H,10,15H2,1H3. The van der Waals surface area contributed by atoms with E-state index in [0.29, 0.717) is 17.8 Å². The molecule has 0 aliphatic heterocycles. The second kappa shape index (κ2) is 5.31. The van der Waals surface area contributed by atoms with Crippen LogP contribution in [0.2, 0.25) is 0 Å². The van der Waals surface area contributed by atoms with Gasteiger partial charge in [-0.25, -0.2) is 0 Å². The van der Waals surface area contributed by atoms with Crippen LogP contribution in [0.5, 0.6) is 0 Å². The van der Waals surface area contributed by atoms with E-state index in [0.717, 1.165) is 5.56 Å². The molecule has 0 unspecified atom stereocenters. The molecule has 4 nitrogen and oxygen atoms in total. The molecule has 2 aromatic rings. The van der Waals surface area contributed by atoms with Crippen molar-refractivity contribution >= 4 is 11.6 Å². The monoisotopic (exact) mass is 241 g/mol. The number of nitrogen functional groups attached to an aromatic ring is 1. The predicted molar refractivity (Wildman–Crippen MR) is 70.9 cm³/mol. The van der Waals surface area contributed by atoms with Gasteiger partial charge in [0.05, 0.1) is 5.56 Å². The van der Waals surface area contributed by atoms with Crippen molar-refractivity contribution in [3.8, 4) is 0 Å². The highest BCUT2D eigenvalue weighted by molar-refractivity contribution is 5.98. The van der Waals surface area contributed by atoms with Gasteiger partial charge < -0.3 is 10.6 Å². The summed E-state index contributed by atoms with van der Waals surface area (Å²) in [5, 5.41) is 0. The first-order valence-electron chi connectivity index (χ1n) is 5.67. The average Bonchev–Trinajstić information content (AvgIpc) is 2.39. The van der Waals surface area contributed by atoms with Crippen LogP contribution in [0.3, 0.4) is 0 Å². The maximum Gasteiger partial charge on any atom is 0.255 e.